The predicted octanol–water partition coefficient (Wildman–Crippen LogP) is 2.06. The number of carbonyl (C=O) groups excluding carboxylic acids is 3. The lowest BCUT2D eigenvalue weighted by Crippen LogP contribution is -2.57. The second kappa shape index (κ2) is 8.49. The van der Waals surface area contributed by atoms with Crippen molar-refractivity contribution in [2.24, 2.45) is 0 Å². The minimum atomic E-state index is -1.94. The zero-order valence-corrected chi connectivity index (χ0v) is 17.4. The minimum absolute atomic E-state index is 0.0176. The van der Waals surface area contributed by atoms with Crippen LogP contribution in [0.2, 0.25) is 0 Å². The van der Waals surface area contributed by atoms with Crippen molar-refractivity contribution in [2.45, 2.75) is 30.7 Å². The summed E-state index contributed by atoms with van der Waals surface area (Å²) in [4.78, 5) is 45.7. The van der Waals surface area contributed by atoms with Crippen molar-refractivity contribution in [3.8, 4) is 0 Å². The molecule has 2 saturated heterocycles. The first kappa shape index (κ1) is 21.0. The number of likely N-dealkylation sites (N-methyl/N-ethyl adjacent to an activating group) is 1. The van der Waals surface area contributed by atoms with Crippen LogP contribution < -0.4 is 0 Å². The van der Waals surface area contributed by atoms with Gasteiger partial charge in [-0.1, -0.05) is 60.7 Å². The van der Waals surface area contributed by atoms with Crippen LogP contribution in [0.4, 0.5) is 0 Å². The maximum Gasteiger partial charge on any atom is 0.376 e. The number of rotatable bonds is 6. The fourth-order valence-corrected chi connectivity index (χ4v) is 3.78. The first-order valence-electron chi connectivity index (χ1n) is 10.1. The van der Waals surface area contributed by atoms with E-state index < -0.39 is 35.7 Å². The molecule has 162 valence electrons. The van der Waals surface area contributed by atoms with Gasteiger partial charge >= 0.3 is 17.7 Å². The van der Waals surface area contributed by atoms with E-state index in [4.69, 9.17) is 14.3 Å². The Hall–Kier alpha value is -3.23. The number of amides is 1. The molecule has 2 aliphatic heterocycles. The van der Waals surface area contributed by atoms with Gasteiger partial charge in [0.2, 0.25) is 0 Å². The van der Waals surface area contributed by atoms with Crippen molar-refractivity contribution in [1.82, 2.24) is 9.96 Å². The number of hydrogen-bond acceptors (Lipinski definition) is 7. The van der Waals surface area contributed by atoms with Crippen LogP contribution in [-0.2, 0) is 28.7 Å². The molecule has 0 saturated carbocycles. The van der Waals surface area contributed by atoms with E-state index in [0.29, 0.717) is 0 Å². The molecule has 0 aliphatic carbocycles. The van der Waals surface area contributed by atoms with E-state index in [0.717, 1.165) is 16.2 Å². The fraction of sp³-hybridized carbons (Fsp3) is 0.348. The molecular formula is C23H24N2O6. The van der Waals surface area contributed by atoms with E-state index in [2.05, 4.69) is 0 Å². The number of hydroxylamine groups is 2. The van der Waals surface area contributed by atoms with Gasteiger partial charge in [-0.3, -0.25) is 19.3 Å². The number of esters is 2. The van der Waals surface area contributed by atoms with E-state index in [1.807, 2.05) is 60.7 Å². The number of carbonyl (C=O) groups is 3. The molecule has 2 atom stereocenters. The molecule has 31 heavy (non-hydrogen) atoms. The Labute approximate surface area is 180 Å². The van der Waals surface area contributed by atoms with Crippen molar-refractivity contribution >= 4 is 17.8 Å². The molecule has 2 aromatic carbocycles. The molecule has 2 unspecified atom stereocenters. The summed E-state index contributed by atoms with van der Waals surface area (Å²) in [5.41, 5.74) is -0.441. The average Bonchev–Trinajstić information content (AvgIpc) is 3.36. The van der Waals surface area contributed by atoms with Gasteiger partial charge in [0.1, 0.15) is 6.04 Å². The summed E-state index contributed by atoms with van der Waals surface area (Å²) in [6.07, 6.45) is -0.795. The second-order valence-electron chi connectivity index (χ2n) is 7.77. The van der Waals surface area contributed by atoms with Crippen LogP contribution in [-0.4, -0.2) is 60.3 Å². The highest BCUT2D eigenvalue weighted by Gasteiger charge is 2.60. The summed E-state index contributed by atoms with van der Waals surface area (Å²) in [5.74, 6) is -1.88. The van der Waals surface area contributed by atoms with Gasteiger partial charge in [0.15, 0.2) is 6.10 Å². The number of benzene rings is 2. The van der Waals surface area contributed by atoms with Crippen molar-refractivity contribution < 1.29 is 28.7 Å². The van der Waals surface area contributed by atoms with E-state index in [1.54, 1.807) is 19.0 Å². The molecule has 0 bridgehead atoms. The molecule has 0 spiro atoms. The Morgan fingerprint density at radius 2 is 1.65 bits per heavy atom. The summed E-state index contributed by atoms with van der Waals surface area (Å²) in [5, 5.41) is 0.887. The van der Waals surface area contributed by atoms with E-state index >= 15 is 0 Å². The van der Waals surface area contributed by atoms with Gasteiger partial charge in [-0.05, 0) is 25.2 Å². The molecule has 0 radical (unpaired) electrons. The molecule has 2 fully saturated rings. The Bertz CT molecular complexity index is 925. The van der Waals surface area contributed by atoms with Crippen molar-refractivity contribution in [3.63, 3.8) is 0 Å². The summed E-state index contributed by atoms with van der Waals surface area (Å²) in [6, 6.07) is 17.9. The van der Waals surface area contributed by atoms with Crippen LogP contribution in [0.1, 0.15) is 30.1 Å². The van der Waals surface area contributed by atoms with Crippen LogP contribution in [0, 0.1) is 0 Å². The molecule has 8 nitrogen and oxygen atoms in total. The Balaban J connectivity index is 1.67. The lowest BCUT2D eigenvalue weighted by Gasteiger charge is -2.34. The fourth-order valence-electron chi connectivity index (χ4n) is 3.78. The molecule has 0 N–H and O–H groups in total. The third kappa shape index (κ3) is 3.92. The quantitative estimate of drug-likeness (QED) is 0.656. The standard InChI is InChI=1S/C23H24N2O6/c1-24(2)18-15-29-25(21(18)27)23(14-13-19(26)31-23)22(28)30-20(16-9-5-3-6-10-16)17-11-7-4-8-12-17/h3-12,18,20H,13-15H2,1-2H3. The molecule has 1 amide bonds. The largest absolute Gasteiger partial charge is 0.448 e. The summed E-state index contributed by atoms with van der Waals surface area (Å²) in [7, 11) is 3.48. The number of cyclic esters (lactones) is 1. The maximum absolute atomic E-state index is 13.5. The first-order chi connectivity index (χ1) is 14.9. The molecule has 8 heteroatoms. The SMILES string of the molecule is CN(C)C1CON(C2(C(=O)OC(c3ccccc3)c3ccccc3)CCC(=O)O2)C1=O. The second-order valence-corrected chi connectivity index (χ2v) is 7.77. The van der Waals surface area contributed by atoms with Crippen molar-refractivity contribution in [3.05, 3.63) is 71.8 Å². The van der Waals surface area contributed by atoms with Crippen LogP contribution in [0.3, 0.4) is 0 Å². The average molecular weight is 424 g/mol. The topological polar surface area (TPSA) is 85.4 Å². The van der Waals surface area contributed by atoms with Gasteiger partial charge in [-0.25, -0.2) is 4.79 Å². The Morgan fingerprint density at radius 1 is 1.06 bits per heavy atom. The highest BCUT2D eigenvalue weighted by molar-refractivity contribution is 5.93. The van der Waals surface area contributed by atoms with Gasteiger partial charge in [-0.15, -0.1) is 0 Å². The predicted molar refractivity (Wildman–Crippen MR) is 109 cm³/mol. The zero-order valence-electron chi connectivity index (χ0n) is 17.4. The van der Waals surface area contributed by atoms with E-state index in [1.165, 1.54) is 0 Å². The van der Waals surface area contributed by atoms with Gasteiger partial charge in [-0.2, -0.15) is 5.06 Å². The van der Waals surface area contributed by atoms with E-state index in [9.17, 15) is 14.4 Å². The maximum atomic E-state index is 13.5. The van der Waals surface area contributed by atoms with Crippen LogP contribution in [0.25, 0.3) is 0 Å². The highest BCUT2D eigenvalue weighted by atomic mass is 16.8. The van der Waals surface area contributed by atoms with Gasteiger partial charge in [0.25, 0.3) is 5.91 Å². The Kier molecular flexibility index (Phi) is 5.75. The van der Waals surface area contributed by atoms with Crippen LogP contribution >= 0.6 is 0 Å². The van der Waals surface area contributed by atoms with Gasteiger partial charge in [0, 0.05) is 6.42 Å². The minimum Gasteiger partial charge on any atom is -0.448 e. The van der Waals surface area contributed by atoms with Crippen molar-refractivity contribution in [1.29, 1.82) is 0 Å². The zero-order chi connectivity index (χ0) is 22.0. The van der Waals surface area contributed by atoms with Gasteiger partial charge in [0.05, 0.1) is 13.0 Å². The summed E-state index contributed by atoms with van der Waals surface area (Å²) < 4.78 is 11.3. The molecule has 2 heterocycles. The summed E-state index contributed by atoms with van der Waals surface area (Å²) >= 11 is 0. The number of hydrogen-bond donors (Lipinski definition) is 0. The molecule has 4 rings (SSSR count). The first-order valence-corrected chi connectivity index (χ1v) is 10.1. The molecule has 2 aliphatic rings. The normalized spacial score (nSPS) is 23.5. The van der Waals surface area contributed by atoms with Crippen molar-refractivity contribution in [2.75, 3.05) is 20.7 Å². The van der Waals surface area contributed by atoms with Crippen LogP contribution in [0.5, 0.6) is 0 Å². The molecule has 2 aromatic rings. The Morgan fingerprint density at radius 3 is 2.10 bits per heavy atom. The summed E-state index contributed by atoms with van der Waals surface area (Å²) in [6.45, 7) is 0.0548. The monoisotopic (exact) mass is 424 g/mol. The highest BCUT2D eigenvalue weighted by Crippen LogP contribution is 2.38. The van der Waals surface area contributed by atoms with Gasteiger partial charge < -0.3 is 9.47 Å². The van der Waals surface area contributed by atoms with E-state index in [-0.39, 0.29) is 19.4 Å². The lowest BCUT2D eigenvalue weighted by molar-refractivity contribution is -0.260. The lowest BCUT2D eigenvalue weighted by atomic mass is 10.0. The molecule has 0 aromatic heterocycles. The van der Waals surface area contributed by atoms with Crippen LogP contribution in [0.15, 0.2) is 60.7 Å². The number of ether oxygens (including phenoxy) is 2. The molecular weight excluding hydrogens is 400 g/mol. The number of nitrogens with zero attached hydrogens (tertiary/aromatic N) is 2. The third-order valence-electron chi connectivity index (χ3n) is 5.50. The smallest absolute Gasteiger partial charge is 0.376 e. The third-order valence-corrected chi connectivity index (χ3v) is 5.50.